The van der Waals surface area contributed by atoms with Crippen molar-refractivity contribution in [2.75, 3.05) is 0 Å². The first-order valence-corrected chi connectivity index (χ1v) is 7.89. The molecule has 112 valence electrons. The predicted molar refractivity (Wildman–Crippen MR) is 86.2 cm³/mol. The minimum absolute atomic E-state index is 0.0513. The van der Waals surface area contributed by atoms with Crippen molar-refractivity contribution in [2.45, 2.75) is 58.2 Å². The Hall–Kier alpha value is -1.61. The number of aryl methyl sites for hydroxylation is 1. The lowest BCUT2D eigenvalue weighted by molar-refractivity contribution is 0.355. The zero-order chi connectivity index (χ0) is 14.9. The number of fused-ring (bicyclic) bond motifs is 1. The van der Waals surface area contributed by atoms with Crippen LogP contribution in [0.2, 0.25) is 0 Å². The van der Waals surface area contributed by atoms with E-state index in [0.29, 0.717) is 6.04 Å². The van der Waals surface area contributed by atoms with Crippen LogP contribution in [0.15, 0.2) is 36.7 Å². The molecule has 1 N–H and O–H groups in total. The second-order valence-corrected chi connectivity index (χ2v) is 6.99. The van der Waals surface area contributed by atoms with Crippen molar-refractivity contribution < 1.29 is 0 Å². The van der Waals surface area contributed by atoms with E-state index in [-0.39, 0.29) is 5.54 Å². The molecule has 3 rings (SSSR count). The minimum Gasteiger partial charge on any atom is -0.306 e. The summed E-state index contributed by atoms with van der Waals surface area (Å²) in [5, 5.41) is 8.18. The molecule has 1 aliphatic rings. The number of nitrogens with one attached hydrogen (secondary N) is 1. The Balaban J connectivity index is 1.68. The van der Waals surface area contributed by atoms with Crippen LogP contribution in [0.25, 0.3) is 0 Å². The lowest BCUT2D eigenvalue weighted by Gasteiger charge is -2.26. The fraction of sp³-hybridized carbons (Fsp3) is 0.500. The molecular formula is C18H25N3. The molecule has 1 unspecified atom stereocenters. The molecule has 3 nitrogen and oxygen atoms in total. The largest absolute Gasteiger partial charge is 0.306 e. The van der Waals surface area contributed by atoms with Gasteiger partial charge in [0.05, 0.1) is 11.7 Å². The summed E-state index contributed by atoms with van der Waals surface area (Å²) >= 11 is 0. The number of rotatable bonds is 3. The first-order valence-electron chi connectivity index (χ1n) is 7.89. The summed E-state index contributed by atoms with van der Waals surface area (Å²) in [5.41, 5.74) is 4.29. The molecule has 21 heavy (non-hydrogen) atoms. The SMILES string of the molecule is CC(C)(C)n1cc(CNC2CCCc3ccccc32)cn1. The summed E-state index contributed by atoms with van der Waals surface area (Å²) in [5.74, 6) is 0. The zero-order valence-corrected chi connectivity index (χ0v) is 13.3. The number of hydrogen-bond acceptors (Lipinski definition) is 2. The molecule has 0 saturated carbocycles. The number of nitrogens with zero attached hydrogens (tertiary/aromatic N) is 2. The maximum Gasteiger partial charge on any atom is 0.0543 e. The van der Waals surface area contributed by atoms with Gasteiger partial charge in [0.2, 0.25) is 0 Å². The van der Waals surface area contributed by atoms with E-state index in [1.165, 1.54) is 36.0 Å². The van der Waals surface area contributed by atoms with Crippen LogP contribution in [0, 0.1) is 0 Å². The Labute approximate surface area is 127 Å². The molecule has 0 radical (unpaired) electrons. The quantitative estimate of drug-likeness (QED) is 0.928. The van der Waals surface area contributed by atoms with Gasteiger partial charge in [-0.2, -0.15) is 5.10 Å². The van der Waals surface area contributed by atoms with Crippen LogP contribution in [0.4, 0.5) is 0 Å². The van der Waals surface area contributed by atoms with E-state index in [1.807, 2.05) is 10.9 Å². The zero-order valence-electron chi connectivity index (χ0n) is 13.3. The van der Waals surface area contributed by atoms with Crippen molar-refractivity contribution in [3.8, 4) is 0 Å². The van der Waals surface area contributed by atoms with Gasteiger partial charge in [0.1, 0.15) is 0 Å². The van der Waals surface area contributed by atoms with E-state index in [9.17, 15) is 0 Å². The second kappa shape index (κ2) is 5.64. The summed E-state index contributed by atoms with van der Waals surface area (Å²) in [6.45, 7) is 7.41. The molecule has 1 aliphatic carbocycles. The molecule has 1 aromatic heterocycles. The van der Waals surface area contributed by atoms with Crippen molar-refractivity contribution in [3.05, 3.63) is 53.3 Å². The van der Waals surface area contributed by atoms with E-state index < -0.39 is 0 Å². The van der Waals surface area contributed by atoms with Crippen molar-refractivity contribution in [1.82, 2.24) is 15.1 Å². The second-order valence-electron chi connectivity index (χ2n) is 6.99. The molecule has 1 atom stereocenters. The van der Waals surface area contributed by atoms with Gasteiger partial charge in [0.15, 0.2) is 0 Å². The Kier molecular flexibility index (Phi) is 3.85. The van der Waals surface area contributed by atoms with Gasteiger partial charge >= 0.3 is 0 Å². The highest BCUT2D eigenvalue weighted by molar-refractivity contribution is 5.32. The van der Waals surface area contributed by atoms with Crippen LogP contribution >= 0.6 is 0 Å². The van der Waals surface area contributed by atoms with Crippen molar-refractivity contribution >= 4 is 0 Å². The molecule has 0 saturated heterocycles. The van der Waals surface area contributed by atoms with Crippen LogP contribution < -0.4 is 5.32 Å². The van der Waals surface area contributed by atoms with E-state index in [1.54, 1.807) is 0 Å². The summed E-state index contributed by atoms with van der Waals surface area (Å²) in [6, 6.07) is 9.31. The normalized spacial score (nSPS) is 18.5. The molecule has 0 amide bonds. The smallest absolute Gasteiger partial charge is 0.0543 e. The number of hydrogen-bond donors (Lipinski definition) is 1. The number of benzene rings is 1. The van der Waals surface area contributed by atoms with Gasteiger partial charge < -0.3 is 5.32 Å². The fourth-order valence-corrected chi connectivity index (χ4v) is 3.03. The van der Waals surface area contributed by atoms with Gasteiger partial charge in [0.25, 0.3) is 0 Å². The minimum atomic E-state index is 0.0513. The molecule has 0 bridgehead atoms. The van der Waals surface area contributed by atoms with Gasteiger partial charge in [-0.1, -0.05) is 24.3 Å². The van der Waals surface area contributed by atoms with E-state index >= 15 is 0 Å². The van der Waals surface area contributed by atoms with Crippen molar-refractivity contribution in [2.24, 2.45) is 0 Å². The fourth-order valence-electron chi connectivity index (χ4n) is 3.03. The third-order valence-electron chi connectivity index (χ3n) is 4.25. The van der Waals surface area contributed by atoms with E-state index in [0.717, 1.165) is 6.54 Å². The maximum atomic E-state index is 4.47. The lowest BCUT2D eigenvalue weighted by Crippen LogP contribution is -2.25. The summed E-state index contributed by atoms with van der Waals surface area (Å²) in [6.07, 6.45) is 7.85. The third kappa shape index (κ3) is 3.18. The average Bonchev–Trinajstić information content (AvgIpc) is 2.94. The summed E-state index contributed by atoms with van der Waals surface area (Å²) in [4.78, 5) is 0. The Bertz CT molecular complexity index is 607. The van der Waals surface area contributed by atoms with Gasteiger partial charge in [-0.25, -0.2) is 0 Å². The van der Waals surface area contributed by atoms with Gasteiger partial charge in [-0.3, -0.25) is 4.68 Å². The van der Waals surface area contributed by atoms with Gasteiger partial charge in [-0.05, 0) is 51.2 Å². The highest BCUT2D eigenvalue weighted by atomic mass is 15.3. The maximum absolute atomic E-state index is 4.47. The molecule has 2 aromatic rings. The van der Waals surface area contributed by atoms with Crippen LogP contribution in [-0.2, 0) is 18.5 Å². The van der Waals surface area contributed by atoms with Gasteiger partial charge in [-0.15, -0.1) is 0 Å². The molecule has 0 aliphatic heterocycles. The van der Waals surface area contributed by atoms with Gasteiger partial charge in [0, 0.05) is 24.3 Å². The van der Waals surface area contributed by atoms with Crippen LogP contribution in [0.1, 0.15) is 56.3 Å². The molecular weight excluding hydrogens is 258 g/mol. The van der Waals surface area contributed by atoms with Crippen molar-refractivity contribution in [3.63, 3.8) is 0 Å². The first kappa shape index (κ1) is 14.3. The molecule has 0 spiro atoms. The Morgan fingerprint density at radius 2 is 2.10 bits per heavy atom. The monoisotopic (exact) mass is 283 g/mol. The summed E-state index contributed by atoms with van der Waals surface area (Å²) in [7, 11) is 0. The highest BCUT2D eigenvalue weighted by Crippen LogP contribution is 2.29. The first-order chi connectivity index (χ1) is 10.0. The van der Waals surface area contributed by atoms with Crippen LogP contribution in [0.5, 0.6) is 0 Å². The molecule has 1 aromatic carbocycles. The van der Waals surface area contributed by atoms with Crippen LogP contribution in [-0.4, -0.2) is 9.78 Å². The average molecular weight is 283 g/mol. The Morgan fingerprint density at radius 1 is 1.29 bits per heavy atom. The topological polar surface area (TPSA) is 29.9 Å². The van der Waals surface area contributed by atoms with E-state index in [4.69, 9.17) is 0 Å². The highest BCUT2D eigenvalue weighted by Gasteiger charge is 2.19. The lowest BCUT2D eigenvalue weighted by atomic mass is 9.88. The standard InChI is InChI=1S/C18H25N3/c1-18(2,3)21-13-14(12-20-21)11-19-17-10-6-8-15-7-4-5-9-16(15)17/h4-5,7,9,12-13,17,19H,6,8,10-11H2,1-3H3. The Morgan fingerprint density at radius 3 is 2.86 bits per heavy atom. The van der Waals surface area contributed by atoms with Crippen LogP contribution in [0.3, 0.4) is 0 Å². The number of aromatic nitrogens is 2. The van der Waals surface area contributed by atoms with Crippen molar-refractivity contribution in [1.29, 1.82) is 0 Å². The summed E-state index contributed by atoms with van der Waals surface area (Å²) < 4.78 is 2.04. The van der Waals surface area contributed by atoms with E-state index in [2.05, 4.69) is 61.6 Å². The molecule has 3 heteroatoms. The third-order valence-corrected chi connectivity index (χ3v) is 4.25. The molecule has 0 fully saturated rings. The molecule has 1 heterocycles. The predicted octanol–water partition coefficient (Wildman–Crippen LogP) is 3.81.